The zero-order valence-corrected chi connectivity index (χ0v) is 21.4. The summed E-state index contributed by atoms with van der Waals surface area (Å²) in [4.78, 5) is 35.6. The molecule has 3 N–H and O–H groups in total. The van der Waals surface area contributed by atoms with Crippen LogP contribution in [0.5, 0.6) is 0 Å². The fourth-order valence-electron chi connectivity index (χ4n) is 5.93. The molecule has 2 saturated carbocycles. The monoisotopic (exact) mass is 516 g/mol. The predicted octanol–water partition coefficient (Wildman–Crippen LogP) is -0.0440. The lowest BCUT2D eigenvalue weighted by Crippen LogP contribution is -2.67. The lowest BCUT2D eigenvalue weighted by Gasteiger charge is -2.49. The number of fused-ring (bicyclic) bond motifs is 1. The molecule has 5 fully saturated rings. The van der Waals surface area contributed by atoms with E-state index >= 15 is 4.39 Å². The van der Waals surface area contributed by atoms with Crippen LogP contribution in [0.25, 0.3) is 0 Å². The molecule has 0 aromatic heterocycles. The van der Waals surface area contributed by atoms with E-state index < -0.39 is 50.9 Å². The first-order valence-corrected chi connectivity index (χ1v) is 14.1. The molecule has 0 spiro atoms. The molecule has 198 valence electrons. The highest BCUT2D eigenvalue weighted by Gasteiger charge is 2.56. The number of halogens is 1. The molecule has 2 aliphatic carbocycles. The van der Waals surface area contributed by atoms with Crippen molar-refractivity contribution < 1.29 is 27.2 Å². The van der Waals surface area contributed by atoms with Crippen LogP contribution in [0.3, 0.4) is 0 Å². The fourth-order valence-corrected chi connectivity index (χ4v) is 7.93. The lowest BCUT2D eigenvalue weighted by atomic mass is 9.79. The Bertz CT molecular complexity index is 964. The lowest BCUT2D eigenvalue weighted by molar-refractivity contribution is -0.142. The Morgan fingerprint density at radius 2 is 1.94 bits per heavy atom. The van der Waals surface area contributed by atoms with Gasteiger partial charge in [-0.2, -0.15) is 5.48 Å². The SMILES string of the molecule is CC1CC(CN2C(=O)N(CC3CNN(C)C3)C(=O)C3CC(S(=O)(=O)NC4(C)CC4)C(F)CC32)ON1. The van der Waals surface area contributed by atoms with Gasteiger partial charge < -0.3 is 4.90 Å². The highest BCUT2D eigenvalue weighted by atomic mass is 32.2. The minimum Gasteiger partial charge on any atom is -0.318 e. The first-order valence-electron chi connectivity index (χ1n) is 12.6. The Balaban J connectivity index is 1.39. The highest BCUT2D eigenvalue weighted by molar-refractivity contribution is 7.90. The number of imide groups is 1. The zero-order valence-electron chi connectivity index (χ0n) is 20.6. The molecular formula is C22H37FN6O5S. The minimum absolute atomic E-state index is 0.0595. The molecule has 13 heteroatoms. The van der Waals surface area contributed by atoms with Crippen LogP contribution in [-0.4, -0.2) is 104 Å². The number of nitrogens with zero attached hydrogens (tertiary/aromatic N) is 3. The molecular weight excluding hydrogens is 479 g/mol. The summed E-state index contributed by atoms with van der Waals surface area (Å²) >= 11 is 0. The van der Waals surface area contributed by atoms with Gasteiger partial charge >= 0.3 is 6.03 Å². The van der Waals surface area contributed by atoms with Crippen LogP contribution in [-0.2, 0) is 19.7 Å². The number of carbonyl (C=O) groups is 2. The van der Waals surface area contributed by atoms with E-state index in [1.54, 1.807) is 11.8 Å². The fraction of sp³-hybridized carbons (Fsp3) is 0.909. The Kier molecular flexibility index (Phi) is 6.63. The van der Waals surface area contributed by atoms with E-state index in [1.807, 2.05) is 19.0 Å². The van der Waals surface area contributed by atoms with Crippen LogP contribution in [0.2, 0.25) is 0 Å². The first kappa shape index (κ1) is 25.3. The van der Waals surface area contributed by atoms with E-state index in [1.165, 1.54) is 4.90 Å². The Morgan fingerprint density at radius 3 is 2.54 bits per heavy atom. The number of alkyl halides is 1. The van der Waals surface area contributed by atoms with E-state index in [4.69, 9.17) is 4.84 Å². The van der Waals surface area contributed by atoms with Crippen LogP contribution in [0.1, 0.15) is 46.0 Å². The second-order valence-electron chi connectivity index (χ2n) is 11.4. The Hall–Kier alpha value is -1.38. The molecule has 11 nitrogen and oxygen atoms in total. The maximum absolute atomic E-state index is 15.4. The second kappa shape index (κ2) is 9.18. The van der Waals surface area contributed by atoms with E-state index in [0.717, 1.165) is 0 Å². The number of carbonyl (C=O) groups excluding carboxylic acids is 2. The number of rotatable bonds is 7. The van der Waals surface area contributed by atoms with Crippen molar-refractivity contribution in [2.75, 3.05) is 33.2 Å². The number of amides is 3. The van der Waals surface area contributed by atoms with Gasteiger partial charge in [-0.3, -0.25) is 20.0 Å². The van der Waals surface area contributed by atoms with E-state index in [-0.39, 0.29) is 44.0 Å². The van der Waals surface area contributed by atoms with Crippen LogP contribution < -0.4 is 15.6 Å². The predicted molar refractivity (Wildman–Crippen MR) is 125 cm³/mol. The molecule has 0 aromatic rings. The number of sulfonamides is 1. The van der Waals surface area contributed by atoms with Gasteiger partial charge in [-0.1, -0.05) is 0 Å². The third-order valence-corrected chi connectivity index (χ3v) is 10.2. The van der Waals surface area contributed by atoms with Gasteiger partial charge in [-0.15, -0.1) is 0 Å². The van der Waals surface area contributed by atoms with Crippen molar-refractivity contribution in [3.05, 3.63) is 0 Å². The number of urea groups is 1. The van der Waals surface area contributed by atoms with E-state index in [0.29, 0.717) is 32.4 Å². The Morgan fingerprint density at radius 1 is 1.20 bits per heavy atom. The third-order valence-electron chi connectivity index (χ3n) is 8.14. The van der Waals surface area contributed by atoms with Crippen molar-refractivity contribution in [2.24, 2.45) is 11.8 Å². The van der Waals surface area contributed by atoms with Crippen molar-refractivity contribution in [3.63, 3.8) is 0 Å². The summed E-state index contributed by atoms with van der Waals surface area (Å²) < 4.78 is 44.3. The summed E-state index contributed by atoms with van der Waals surface area (Å²) in [6.45, 7) is 5.57. The maximum atomic E-state index is 15.4. The quantitative estimate of drug-likeness (QED) is 0.431. The van der Waals surface area contributed by atoms with Gasteiger partial charge in [-0.05, 0) is 39.5 Å². The topological polar surface area (TPSA) is 123 Å². The van der Waals surface area contributed by atoms with Crippen LogP contribution in [0.4, 0.5) is 9.18 Å². The van der Waals surface area contributed by atoms with Gasteiger partial charge in [0.1, 0.15) is 11.4 Å². The van der Waals surface area contributed by atoms with Gasteiger partial charge in [0.05, 0.1) is 18.6 Å². The smallest absolute Gasteiger partial charge is 0.318 e. The van der Waals surface area contributed by atoms with Gasteiger partial charge in [0.15, 0.2) is 0 Å². The van der Waals surface area contributed by atoms with Crippen molar-refractivity contribution in [3.8, 4) is 0 Å². The molecule has 3 saturated heterocycles. The van der Waals surface area contributed by atoms with E-state index in [9.17, 15) is 18.0 Å². The van der Waals surface area contributed by atoms with Crippen molar-refractivity contribution in [2.45, 2.75) is 81.1 Å². The molecule has 7 unspecified atom stereocenters. The van der Waals surface area contributed by atoms with Gasteiger partial charge in [-0.25, -0.2) is 27.3 Å². The summed E-state index contributed by atoms with van der Waals surface area (Å²) in [7, 11) is -2.06. The maximum Gasteiger partial charge on any atom is 0.327 e. The van der Waals surface area contributed by atoms with Crippen molar-refractivity contribution in [1.29, 1.82) is 0 Å². The zero-order chi connectivity index (χ0) is 25.1. The summed E-state index contributed by atoms with van der Waals surface area (Å²) in [6.07, 6.45) is -0.144. The van der Waals surface area contributed by atoms with Gasteiger partial charge in [0.25, 0.3) is 0 Å². The van der Waals surface area contributed by atoms with Crippen LogP contribution in [0, 0.1) is 11.8 Å². The van der Waals surface area contributed by atoms with Crippen LogP contribution in [0.15, 0.2) is 0 Å². The second-order valence-corrected chi connectivity index (χ2v) is 13.3. The van der Waals surface area contributed by atoms with Crippen molar-refractivity contribution >= 4 is 22.0 Å². The summed E-state index contributed by atoms with van der Waals surface area (Å²) in [5.74, 6) is -1.11. The first-order chi connectivity index (χ1) is 16.5. The molecule has 3 amide bonds. The average Bonchev–Trinajstić information content (AvgIpc) is 3.14. The molecule has 5 aliphatic rings. The number of hydrogen-bond acceptors (Lipinski definition) is 8. The minimum atomic E-state index is -3.96. The molecule has 0 aromatic carbocycles. The summed E-state index contributed by atoms with van der Waals surface area (Å²) in [6, 6.07) is -1.00. The summed E-state index contributed by atoms with van der Waals surface area (Å²) in [5, 5.41) is 0.607. The van der Waals surface area contributed by atoms with Gasteiger partial charge in [0, 0.05) is 56.6 Å². The molecule has 3 heterocycles. The highest BCUT2D eigenvalue weighted by Crippen LogP contribution is 2.41. The van der Waals surface area contributed by atoms with Gasteiger partial charge in [0.2, 0.25) is 15.9 Å². The molecule has 0 radical (unpaired) electrons. The molecule has 3 aliphatic heterocycles. The average molecular weight is 517 g/mol. The van der Waals surface area contributed by atoms with Crippen molar-refractivity contribution in [1.82, 2.24) is 30.4 Å². The summed E-state index contributed by atoms with van der Waals surface area (Å²) in [5.41, 5.74) is 5.56. The molecule has 7 atom stereocenters. The van der Waals surface area contributed by atoms with Crippen LogP contribution >= 0.6 is 0 Å². The van der Waals surface area contributed by atoms with E-state index in [2.05, 4.69) is 15.6 Å². The number of hydrogen-bond donors (Lipinski definition) is 3. The number of hydrazine groups is 1. The molecule has 0 bridgehead atoms. The third kappa shape index (κ3) is 5.08. The molecule has 5 rings (SSSR count). The largest absolute Gasteiger partial charge is 0.327 e. The number of hydroxylamine groups is 1. The normalized spacial score (nSPS) is 39.8. The Labute approximate surface area is 206 Å². The molecule has 35 heavy (non-hydrogen) atoms. The standard InChI is InChI=1S/C22H37FN6O5S/c1-13-6-15(34-25-13)12-28-18-8-17(23)19(35(32,33)26-22(2)4-5-22)7-16(18)20(30)29(21(28)31)11-14-9-24-27(3)10-14/h13-19,24-26H,4-12H2,1-3H3. The number of nitrogens with one attached hydrogen (secondary N) is 3.